The second kappa shape index (κ2) is 10.7. The number of methoxy groups -OCH3 is 2. The first-order valence-corrected chi connectivity index (χ1v) is 12.5. The number of nitrogens with zero attached hydrogens (tertiary/aromatic N) is 3. The van der Waals surface area contributed by atoms with Gasteiger partial charge in [-0.05, 0) is 55.0 Å². The highest BCUT2D eigenvalue weighted by atomic mass is 32.1. The fourth-order valence-electron chi connectivity index (χ4n) is 3.75. The zero-order valence-corrected chi connectivity index (χ0v) is 21.7. The van der Waals surface area contributed by atoms with Gasteiger partial charge in [-0.15, -0.1) is 5.10 Å². The average Bonchev–Trinajstić information content (AvgIpc) is 3.64. The van der Waals surface area contributed by atoms with E-state index >= 15 is 0 Å². The Labute approximate surface area is 221 Å². The first-order valence-electron chi connectivity index (χ1n) is 11.7. The second-order valence-electron chi connectivity index (χ2n) is 8.03. The van der Waals surface area contributed by atoms with Crippen molar-refractivity contribution < 1.29 is 23.4 Å². The third-order valence-electron chi connectivity index (χ3n) is 5.61. The summed E-state index contributed by atoms with van der Waals surface area (Å²) in [5.74, 6) is 2.43. The lowest BCUT2D eigenvalue weighted by atomic mass is 10.1. The van der Waals surface area contributed by atoms with Crippen LogP contribution in [-0.4, -0.2) is 41.4 Å². The van der Waals surface area contributed by atoms with E-state index in [0.29, 0.717) is 50.5 Å². The molecule has 3 heterocycles. The first kappa shape index (κ1) is 25.0. The van der Waals surface area contributed by atoms with E-state index in [1.807, 2.05) is 30.3 Å². The molecule has 10 heteroatoms. The molecule has 5 aromatic rings. The highest BCUT2D eigenvalue weighted by Gasteiger charge is 2.11. The summed E-state index contributed by atoms with van der Waals surface area (Å²) >= 11 is 1.23. The summed E-state index contributed by atoms with van der Waals surface area (Å²) in [7, 11) is 3.16. The molecule has 0 amide bonds. The molecule has 0 aliphatic heterocycles. The van der Waals surface area contributed by atoms with Crippen molar-refractivity contribution in [3.05, 3.63) is 92.2 Å². The van der Waals surface area contributed by atoms with E-state index in [-0.39, 0.29) is 11.5 Å². The maximum atomic E-state index is 12.9. The summed E-state index contributed by atoms with van der Waals surface area (Å²) in [4.78, 5) is 29.7. The lowest BCUT2D eigenvalue weighted by molar-refractivity contribution is 0.0526. The molecule has 38 heavy (non-hydrogen) atoms. The van der Waals surface area contributed by atoms with Gasteiger partial charge in [0.25, 0.3) is 5.56 Å². The molecular formula is C28H23N3O6S. The number of carbonyl (C=O) groups is 1. The summed E-state index contributed by atoms with van der Waals surface area (Å²) in [6.45, 7) is 2.08. The van der Waals surface area contributed by atoms with Crippen LogP contribution in [-0.2, 0) is 4.74 Å². The molecule has 0 aliphatic rings. The van der Waals surface area contributed by atoms with Gasteiger partial charge >= 0.3 is 5.97 Å². The van der Waals surface area contributed by atoms with E-state index < -0.39 is 0 Å². The minimum Gasteiger partial charge on any atom is -0.493 e. The quantitative estimate of drug-likeness (QED) is 0.274. The van der Waals surface area contributed by atoms with Crippen LogP contribution in [0.4, 0.5) is 0 Å². The molecule has 0 saturated carbocycles. The van der Waals surface area contributed by atoms with Crippen LogP contribution in [0.25, 0.3) is 34.5 Å². The number of fused-ring (bicyclic) bond motifs is 1. The van der Waals surface area contributed by atoms with Gasteiger partial charge < -0.3 is 18.6 Å². The maximum Gasteiger partial charge on any atom is 0.338 e. The zero-order chi connectivity index (χ0) is 26.6. The molecule has 0 atom stereocenters. The number of esters is 1. The van der Waals surface area contributed by atoms with E-state index in [4.69, 9.17) is 18.6 Å². The minimum atomic E-state index is -0.369. The first-order chi connectivity index (χ1) is 18.5. The molecule has 0 spiro atoms. The van der Waals surface area contributed by atoms with Crippen LogP contribution in [0.2, 0.25) is 0 Å². The molecule has 0 radical (unpaired) electrons. The monoisotopic (exact) mass is 529 g/mol. The largest absolute Gasteiger partial charge is 0.493 e. The molecule has 2 aromatic carbocycles. The molecule has 0 saturated heterocycles. The maximum absolute atomic E-state index is 12.9. The van der Waals surface area contributed by atoms with Gasteiger partial charge in [-0.1, -0.05) is 35.6 Å². The number of hydrogen-bond acceptors (Lipinski definition) is 9. The number of ether oxygens (including phenoxy) is 3. The van der Waals surface area contributed by atoms with E-state index in [2.05, 4.69) is 10.1 Å². The number of benzene rings is 2. The number of carbonyl (C=O) groups excluding carboxylic acids is 1. The third kappa shape index (κ3) is 5.07. The SMILES string of the molecule is CCOC(=O)c1ccc(-c2ccc(C=c3sc4nc(C=Cc5ccc(OC)c(OC)c5)nn4c3=O)o2)cc1. The number of thiazole rings is 1. The van der Waals surface area contributed by atoms with Gasteiger partial charge in [0.05, 0.1) is 26.4 Å². The predicted octanol–water partition coefficient (Wildman–Crippen LogP) is 4.32. The normalized spacial score (nSPS) is 11.9. The van der Waals surface area contributed by atoms with Gasteiger partial charge in [0.2, 0.25) is 4.96 Å². The Kier molecular flexibility index (Phi) is 7.05. The van der Waals surface area contributed by atoms with Crippen molar-refractivity contribution in [3.63, 3.8) is 0 Å². The smallest absolute Gasteiger partial charge is 0.338 e. The lowest BCUT2D eigenvalue weighted by Gasteiger charge is -2.07. The molecule has 0 unspecified atom stereocenters. The van der Waals surface area contributed by atoms with Crippen molar-refractivity contribution >= 4 is 40.5 Å². The highest BCUT2D eigenvalue weighted by Crippen LogP contribution is 2.28. The van der Waals surface area contributed by atoms with Gasteiger partial charge in [-0.25, -0.2) is 4.79 Å². The molecule has 3 aromatic heterocycles. The Morgan fingerprint density at radius 3 is 2.53 bits per heavy atom. The van der Waals surface area contributed by atoms with E-state index in [9.17, 15) is 9.59 Å². The van der Waals surface area contributed by atoms with E-state index in [1.54, 1.807) is 63.6 Å². The van der Waals surface area contributed by atoms with Crippen molar-refractivity contribution in [2.45, 2.75) is 6.92 Å². The van der Waals surface area contributed by atoms with Crippen LogP contribution < -0.4 is 19.6 Å². The van der Waals surface area contributed by atoms with Crippen LogP contribution in [0.5, 0.6) is 11.5 Å². The van der Waals surface area contributed by atoms with Crippen LogP contribution in [0.3, 0.4) is 0 Å². The summed E-state index contributed by atoms with van der Waals surface area (Å²) < 4.78 is 23.2. The summed E-state index contributed by atoms with van der Waals surface area (Å²) in [6.07, 6.45) is 5.23. The van der Waals surface area contributed by atoms with Crippen molar-refractivity contribution in [2.75, 3.05) is 20.8 Å². The number of aromatic nitrogens is 3. The zero-order valence-electron chi connectivity index (χ0n) is 20.8. The second-order valence-corrected chi connectivity index (χ2v) is 9.04. The Bertz CT molecular complexity index is 1750. The average molecular weight is 530 g/mol. The molecule has 0 aliphatic carbocycles. The standard InChI is InChI=1S/C28H23N3O6S/c1-4-36-27(33)19-9-7-18(8-10-19)21-13-11-20(37-21)16-24-26(32)31-28(38-24)29-25(30-31)14-6-17-5-12-22(34-2)23(15-17)35-3/h5-16H,4H2,1-3H3. The van der Waals surface area contributed by atoms with Crippen LogP contribution in [0, 0.1) is 0 Å². The Morgan fingerprint density at radius 1 is 1.03 bits per heavy atom. The number of hydrogen-bond donors (Lipinski definition) is 0. The Morgan fingerprint density at radius 2 is 1.82 bits per heavy atom. The fraction of sp³-hybridized carbons (Fsp3) is 0.143. The lowest BCUT2D eigenvalue weighted by Crippen LogP contribution is -2.23. The van der Waals surface area contributed by atoms with Gasteiger partial charge in [0, 0.05) is 11.6 Å². The number of rotatable bonds is 8. The highest BCUT2D eigenvalue weighted by molar-refractivity contribution is 7.15. The molecule has 5 rings (SSSR count). The number of furan rings is 1. The van der Waals surface area contributed by atoms with Gasteiger partial charge in [-0.3, -0.25) is 4.79 Å². The van der Waals surface area contributed by atoms with Crippen molar-refractivity contribution in [1.82, 2.24) is 14.6 Å². The minimum absolute atomic E-state index is 0.278. The van der Waals surface area contributed by atoms with Crippen LogP contribution in [0.15, 0.2) is 63.8 Å². The van der Waals surface area contributed by atoms with Crippen molar-refractivity contribution in [3.8, 4) is 22.8 Å². The Balaban J connectivity index is 1.35. The van der Waals surface area contributed by atoms with Crippen LogP contribution >= 0.6 is 11.3 Å². The molecule has 192 valence electrons. The van der Waals surface area contributed by atoms with Crippen molar-refractivity contribution in [1.29, 1.82) is 0 Å². The molecular weight excluding hydrogens is 506 g/mol. The van der Waals surface area contributed by atoms with Gasteiger partial charge in [-0.2, -0.15) is 9.50 Å². The molecule has 0 bridgehead atoms. The molecule has 0 N–H and O–H groups in total. The van der Waals surface area contributed by atoms with E-state index in [0.717, 1.165) is 11.1 Å². The van der Waals surface area contributed by atoms with Crippen LogP contribution in [0.1, 0.15) is 34.4 Å². The van der Waals surface area contributed by atoms with Gasteiger partial charge in [0.1, 0.15) is 16.1 Å². The molecule has 0 fully saturated rings. The van der Waals surface area contributed by atoms with E-state index in [1.165, 1.54) is 15.9 Å². The summed E-state index contributed by atoms with van der Waals surface area (Å²) in [6, 6.07) is 16.1. The third-order valence-corrected chi connectivity index (χ3v) is 6.57. The summed E-state index contributed by atoms with van der Waals surface area (Å²) in [5, 5.41) is 4.33. The molecule has 9 nitrogen and oxygen atoms in total. The van der Waals surface area contributed by atoms with Gasteiger partial charge in [0.15, 0.2) is 17.3 Å². The fourth-order valence-corrected chi connectivity index (χ4v) is 4.64. The predicted molar refractivity (Wildman–Crippen MR) is 144 cm³/mol. The topological polar surface area (TPSA) is 105 Å². The summed E-state index contributed by atoms with van der Waals surface area (Å²) in [5.41, 5.74) is 1.87. The van der Waals surface area contributed by atoms with Crippen molar-refractivity contribution in [2.24, 2.45) is 0 Å². The Hall–Kier alpha value is -4.70.